The molecule has 1 saturated carbocycles. The van der Waals surface area contributed by atoms with Crippen molar-refractivity contribution >= 4 is 16.7 Å². The van der Waals surface area contributed by atoms with Gasteiger partial charge in [-0.2, -0.15) is 0 Å². The smallest absolute Gasteiger partial charge is 0.152 e. The van der Waals surface area contributed by atoms with E-state index in [1.54, 1.807) is 6.07 Å². The summed E-state index contributed by atoms with van der Waals surface area (Å²) in [7, 11) is 0. The highest BCUT2D eigenvalue weighted by Gasteiger charge is 2.17. The Kier molecular flexibility index (Phi) is 3.56. The van der Waals surface area contributed by atoms with Gasteiger partial charge in [-0.05, 0) is 49.4 Å². The first-order valence-electron chi connectivity index (χ1n) is 8.16. The van der Waals surface area contributed by atoms with Gasteiger partial charge in [0, 0.05) is 28.9 Å². The summed E-state index contributed by atoms with van der Waals surface area (Å²) in [6.07, 6.45) is 5.72. The molecule has 2 N–H and O–H groups in total. The van der Waals surface area contributed by atoms with Gasteiger partial charge < -0.3 is 10.3 Å². The molecule has 5 heteroatoms. The van der Waals surface area contributed by atoms with Crippen LogP contribution in [-0.2, 0) is 0 Å². The Morgan fingerprint density at radius 3 is 2.83 bits per heavy atom. The summed E-state index contributed by atoms with van der Waals surface area (Å²) in [5.74, 6) is 1.30. The normalized spacial score (nSPS) is 17.0. The molecule has 1 aliphatic rings. The molecule has 2 heterocycles. The van der Waals surface area contributed by atoms with Crippen LogP contribution in [0.4, 0.5) is 10.2 Å². The lowest BCUT2D eigenvalue weighted by Gasteiger charge is -2.25. The van der Waals surface area contributed by atoms with Crippen LogP contribution in [0.5, 0.6) is 0 Å². The third-order valence-electron chi connectivity index (χ3n) is 4.53. The molecule has 0 unspecified atom stereocenters. The number of benzene rings is 1. The monoisotopic (exact) mass is 322 g/mol. The molecule has 1 fully saturated rings. The Labute approximate surface area is 139 Å². The van der Waals surface area contributed by atoms with Crippen LogP contribution < -0.4 is 5.32 Å². The lowest BCUT2D eigenvalue weighted by molar-refractivity contribution is 0.459. The third-order valence-corrected chi connectivity index (χ3v) is 4.53. The predicted octanol–water partition coefficient (Wildman–Crippen LogP) is 4.80. The highest BCUT2D eigenvalue weighted by Crippen LogP contribution is 2.32. The van der Waals surface area contributed by atoms with Gasteiger partial charge in [0.2, 0.25) is 0 Å². The van der Waals surface area contributed by atoms with E-state index in [0.717, 1.165) is 46.9 Å². The Balaban J connectivity index is 1.59. The number of hydrogen-bond acceptors (Lipinski definition) is 3. The summed E-state index contributed by atoms with van der Waals surface area (Å²) in [5.41, 5.74) is 4.94. The molecule has 0 aliphatic heterocycles. The van der Waals surface area contributed by atoms with E-state index in [2.05, 4.69) is 27.4 Å². The molecule has 24 heavy (non-hydrogen) atoms. The number of fused-ring (bicyclic) bond motifs is 1. The van der Waals surface area contributed by atoms with Crippen LogP contribution in [0.3, 0.4) is 0 Å². The number of aromatic amines is 1. The molecule has 3 aromatic rings. The van der Waals surface area contributed by atoms with Crippen LogP contribution in [0.2, 0.25) is 0 Å². The number of hydrogen-bond donors (Lipinski definition) is 2. The average Bonchev–Trinajstić information content (AvgIpc) is 2.91. The zero-order chi connectivity index (χ0) is 16.7. The molecule has 2 aromatic heterocycles. The number of H-pyrrole nitrogens is 1. The van der Waals surface area contributed by atoms with Crippen molar-refractivity contribution in [2.75, 3.05) is 5.32 Å². The lowest BCUT2D eigenvalue weighted by Crippen LogP contribution is -2.12. The average molecular weight is 322 g/mol. The predicted molar refractivity (Wildman–Crippen MR) is 94.1 cm³/mol. The van der Waals surface area contributed by atoms with Gasteiger partial charge in [0.25, 0.3) is 0 Å². The number of nitrogens with one attached hydrogen (secondary N) is 2. The van der Waals surface area contributed by atoms with Crippen LogP contribution in [0, 0.1) is 18.7 Å². The molecule has 0 atom stereocenters. The van der Waals surface area contributed by atoms with Crippen molar-refractivity contribution in [1.82, 2.24) is 15.2 Å². The van der Waals surface area contributed by atoms with Crippen molar-refractivity contribution < 1.29 is 4.39 Å². The topological polar surface area (TPSA) is 53.6 Å². The molecule has 0 saturated heterocycles. The summed E-state index contributed by atoms with van der Waals surface area (Å²) in [5, 5.41) is 12.4. The fourth-order valence-corrected chi connectivity index (χ4v) is 3.21. The molecular weight excluding hydrogens is 303 g/mol. The second-order valence-corrected chi connectivity index (χ2v) is 6.62. The van der Waals surface area contributed by atoms with Crippen LogP contribution in [0.15, 0.2) is 42.2 Å². The third kappa shape index (κ3) is 2.66. The Bertz CT molecular complexity index is 934. The quantitative estimate of drug-likeness (QED) is 0.728. The van der Waals surface area contributed by atoms with Crippen molar-refractivity contribution in [2.45, 2.75) is 26.7 Å². The van der Waals surface area contributed by atoms with Gasteiger partial charge in [-0.25, -0.2) is 4.39 Å². The van der Waals surface area contributed by atoms with E-state index in [-0.39, 0.29) is 5.82 Å². The summed E-state index contributed by atoms with van der Waals surface area (Å²) in [4.78, 5) is 2.93. The van der Waals surface area contributed by atoms with Crippen LogP contribution in [0.1, 0.15) is 25.3 Å². The number of rotatable bonds is 3. The molecule has 0 radical (unpaired) electrons. The van der Waals surface area contributed by atoms with Crippen molar-refractivity contribution in [3.63, 3.8) is 0 Å². The lowest BCUT2D eigenvalue weighted by atomic mass is 9.82. The molecule has 4 rings (SSSR count). The van der Waals surface area contributed by atoms with Gasteiger partial charge in [0.15, 0.2) is 5.82 Å². The van der Waals surface area contributed by atoms with E-state index in [9.17, 15) is 4.39 Å². The summed E-state index contributed by atoms with van der Waals surface area (Å²) >= 11 is 0. The van der Waals surface area contributed by atoms with Gasteiger partial charge >= 0.3 is 0 Å². The second-order valence-electron chi connectivity index (χ2n) is 6.62. The first kappa shape index (κ1) is 14.9. The maximum absolute atomic E-state index is 13.5. The fraction of sp³-hybridized carbons (Fsp3) is 0.263. The van der Waals surface area contributed by atoms with E-state index in [0.29, 0.717) is 5.39 Å². The molecule has 0 bridgehead atoms. The van der Waals surface area contributed by atoms with E-state index < -0.39 is 0 Å². The van der Waals surface area contributed by atoms with Crippen LogP contribution in [0.25, 0.3) is 22.2 Å². The number of nitrogens with zero attached hydrogens (tertiary/aromatic N) is 2. The number of allylic oxidation sites excluding steroid dienone is 1. The van der Waals surface area contributed by atoms with Crippen molar-refractivity contribution in [3.05, 3.63) is 53.6 Å². The zero-order valence-electron chi connectivity index (χ0n) is 13.7. The van der Waals surface area contributed by atoms with Gasteiger partial charge in [0.1, 0.15) is 5.82 Å². The first-order chi connectivity index (χ1) is 11.6. The SMILES string of the molecule is Cc1cc(NC=C2CC(C)C2)nnc1-c1ccc2c(F)c[nH]c2c1. The molecule has 0 amide bonds. The minimum absolute atomic E-state index is 0.239. The van der Waals surface area contributed by atoms with E-state index >= 15 is 0 Å². The highest BCUT2D eigenvalue weighted by atomic mass is 19.1. The van der Waals surface area contributed by atoms with E-state index in [1.807, 2.05) is 31.3 Å². The van der Waals surface area contributed by atoms with E-state index in [1.165, 1.54) is 11.8 Å². The van der Waals surface area contributed by atoms with Crippen molar-refractivity contribution in [3.8, 4) is 11.3 Å². The molecule has 4 nitrogen and oxygen atoms in total. The molecule has 0 spiro atoms. The molecule has 1 aliphatic carbocycles. The number of aryl methyl sites for hydroxylation is 1. The Hall–Kier alpha value is -2.69. The summed E-state index contributed by atoms with van der Waals surface area (Å²) in [6, 6.07) is 7.54. The minimum Gasteiger partial charge on any atom is -0.359 e. The van der Waals surface area contributed by atoms with Crippen LogP contribution in [-0.4, -0.2) is 15.2 Å². The number of anilines is 1. The zero-order valence-corrected chi connectivity index (χ0v) is 13.7. The maximum atomic E-state index is 13.5. The fourth-order valence-electron chi connectivity index (χ4n) is 3.21. The number of aromatic nitrogens is 3. The molecular formula is C19H19FN4. The maximum Gasteiger partial charge on any atom is 0.152 e. The van der Waals surface area contributed by atoms with Gasteiger partial charge in [0.05, 0.1) is 5.69 Å². The Morgan fingerprint density at radius 2 is 2.08 bits per heavy atom. The number of halogens is 1. The van der Waals surface area contributed by atoms with Gasteiger partial charge in [-0.15, -0.1) is 10.2 Å². The summed E-state index contributed by atoms with van der Waals surface area (Å²) in [6.45, 7) is 4.26. The standard InChI is InChI=1S/C19H19FN4/c1-11-5-13(6-11)9-22-18-7-12(2)19(24-23-18)14-3-4-15-16(20)10-21-17(15)8-14/h3-4,7-11,21H,5-6H2,1-2H3,(H,22,23). The summed E-state index contributed by atoms with van der Waals surface area (Å²) < 4.78 is 13.5. The van der Waals surface area contributed by atoms with Crippen molar-refractivity contribution in [2.24, 2.45) is 5.92 Å². The largest absolute Gasteiger partial charge is 0.359 e. The first-order valence-corrected chi connectivity index (χ1v) is 8.16. The van der Waals surface area contributed by atoms with Gasteiger partial charge in [-0.1, -0.05) is 18.6 Å². The highest BCUT2D eigenvalue weighted by molar-refractivity contribution is 5.85. The molecule has 122 valence electrons. The van der Waals surface area contributed by atoms with Gasteiger partial charge in [-0.3, -0.25) is 0 Å². The molecule has 1 aromatic carbocycles. The Morgan fingerprint density at radius 1 is 1.25 bits per heavy atom. The van der Waals surface area contributed by atoms with Crippen LogP contribution >= 0.6 is 0 Å². The minimum atomic E-state index is -0.239. The van der Waals surface area contributed by atoms with E-state index in [4.69, 9.17) is 0 Å². The van der Waals surface area contributed by atoms with Crippen molar-refractivity contribution in [1.29, 1.82) is 0 Å². The second kappa shape index (κ2) is 5.74.